The van der Waals surface area contributed by atoms with Crippen LogP contribution in [-0.4, -0.2) is 23.9 Å². The molecule has 0 aromatic carbocycles. The lowest BCUT2D eigenvalue weighted by Crippen LogP contribution is -2.27. The minimum Gasteiger partial charge on any atom is -0.385 e. The van der Waals surface area contributed by atoms with Crippen LogP contribution in [0.5, 0.6) is 0 Å². The molecule has 2 nitrogen and oxygen atoms in total. The second-order valence-corrected chi connectivity index (χ2v) is 3.08. The normalized spacial score (nSPS) is 37.1. The highest BCUT2D eigenvalue weighted by molar-refractivity contribution is 5.28. The molecule has 11 heavy (non-hydrogen) atoms. The zero-order chi connectivity index (χ0) is 8.48. The molecule has 0 saturated carbocycles. The number of aliphatic hydroxyl groups is 1. The van der Waals surface area contributed by atoms with Gasteiger partial charge in [-0.15, -0.1) is 0 Å². The monoisotopic (exact) mass is 154 g/mol. The van der Waals surface area contributed by atoms with Crippen molar-refractivity contribution in [3.8, 4) is 0 Å². The van der Waals surface area contributed by atoms with Crippen molar-refractivity contribution in [3.05, 3.63) is 23.8 Å². The summed E-state index contributed by atoms with van der Waals surface area (Å²) in [5.41, 5.74) is 0.611. The van der Waals surface area contributed by atoms with E-state index in [1.165, 1.54) is 0 Å². The third-order valence-electron chi connectivity index (χ3n) is 2.03. The van der Waals surface area contributed by atoms with Gasteiger partial charge in [0.2, 0.25) is 0 Å². The first-order chi connectivity index (χ1) is 5.07. The summed E-state index contributed by atoms with van der Waals surface area (Å²) in [6.07, 6.45) is 5.11. The van der Waals surface area contributed by atoms with E-state index in [0.29, 0.717) is 0 Å². The molecule has 0 amide bonds. The third kappa shape index (κ3) is 1.70. The summed E-state index contributed by atoms with van der Waals surface area (Å²) >= 11 is 0. The molecule has 0 fully saturated rings. The van der Waals surface area contributed by atoms with Gasteiger partial charge in [-0.2, -0.15) is 0 Å². The van der Waals surface area contributed by atoms with Gasteiger partial charge in [-0.3, -0.25) is 0 Å². The fraction of sp³-hybridized carbons (Fsp3) is 0.556. The summed E-state index contributed by atoms with van der Waals surface area (Å²) in [5, 5.41) is 9.29. The lowest BCUT2D eigenvalue weighted by molar-refractivity contribution is 0.0843. The van der Waals surface area contributed by atoms with Crippen molar-refractivity contribution < 1.29 is 9.84 Å². The number of ether oxygens (including phenoxy) is 1. The third-order valence-corrected chi connectivity index (χ3v) is 2.03. The summed E-state index contributed by atoms with van der Waals surface area (Å²) in [4.78, 5) is 0. The number of hydrogen-bond acceptors (Lipinski definition) is 2. The van der Waals surface area contributed by atoms with Gasteiger partial charge in [0.25, 0.3) is 0 Å². The van der Waals surface area contributed by atoms with Crippen LogP contribution < -0.4 is 0 Å². The van der Waals surface area contributed by atoms with Crippen LogP contribution in [0, 0.1) is 0 Å². The molecular formula is C9H14O2. The molecule has 1 aliphatic rings. The summed E-state index contributed by atoms with van der Waals surface area (Å²) in [6, 6.07) is 0. The van der Waals surface area contributed by atoms with Gasteiger partial charge in [0.1, 0.15) is 5.60 Å². The Labute approximate surface area is 67.2 Å². The lowest BCUT2D eigenvalue weighted by atomic mass is 9.94. The molecule has 0 aromatic heterocycles. The van der Waals surface area contributed by atoms with Crippen molar-refractivity contribution >= 4 is 0 Å². The Balaban J connectivity index is 2.84. The van der Waals surface area contributed by atoms with E-state index in [4.69, 9.17) is 4.74 Å². The number of methoxy groups -OCH3 is 1. The number of aliphatic hydroxyl groups excluding tert-OH is 1. The van der Waals surface area contributed by atoms with Crippen LogP contribution in [0.4, 0.5) is 0 Å². The van der Waals surface area contributed by atoms with Crippen LogP contribution in [0.1, 0.15) is 13.8 Å². The quantitative estimate of drug-likeness (QED) is 0.576. The van der Waals surface area contributed by atoms with Crippen molar-refractivity contribution in [3.63, 3.8) is 0 Å². The SMILES string of the molecule is CO[C@]1(C)C=CC(O)C(C)=C1. The lowest BCUT2D eigenvalue weighted by Gasteiger charge is -2.26. The Bertz CT molecular complexity index is 206. The largest absolute Gasteiger partial charge is 0.385 e. The topological polar surface area (TPSA) is 29.5 Å². The van der Waals surface area contributed by atoms with Crippen LogP contribution in [0.2, 0.25) is 0 Å². The van der Waals surface area contributed by atoms with E-state index in [2.05, 4.69) is 0 Å². The Morgan fingerprint density at radius 2 is 2.27 bits per heavy atom. The standard InChI is InChI=1S/C9H14O2/c1-7-6-9(2,11-3)5-4-8(7)10/h4-6,8,10H,1-3H3/t8?,9-/m1/s1. The van der Waals surface area contributed by atoms with E-state index >= 15 is 0 Å². The Hall–Kier alpha value is -0.600. The first kappa shape index (κ1) is 8.50. The second-order valence-electron chi connectivity index (χ2n) is 3.08. The number of hydrogen-bond donors (Lipinski definition) is 1. The predicted octanol–water partition coefficient (Wildman–Crippen LogP) is 1.27. The zero-order valence-corrected chi connectivity index (χ0v) is 7.16. The minimum absolute atomic E-state index is 0.330. The fourth-order valence-corrected chi connectivity index (χ4v) is 1.15. The van der Waals surface area contributed by atoms with Gasteiger partial charge in [-0.1, -0.05) is 12.2 Å². The first-order valence-corrected chi connectivity index (χ1v) is 3.69. The molecule has 0 saturated heterocycles. The molecule has 0 aromatic rings. The van der Waals surface area contributed by atoms with Crippen LogP contribution in [-0.2, 0) is 4.74 Å². The minimum atomic E-state index is -0.432. The van der Waals surface area contributed by atoms with Gasteiger partial charge in [-0.05, 0) is 25.5 Å². The van der Waals surface area contributed by atoms with E-state index in [-0.39, 0.29) is 5.60 Å². The van der Waals surface area contributed by atoms with Crippen molar-refractivity contribution in [2.75, 3.05) is 7.11 Å². The maximum Gasteiger partial charge on any atom is 0.102 e. The van der Waals surface area contributed by atoms with Crippen LogP contribution in [0.15, 0.2) is 23.8 Å². The second kappa shape index (κ2) is 2.80. The Morgan fingerprint density at radius 1 is 1.64 bits per heavy atom. The maximum atomic E-state index is 9.29. The van der Waals surface area contributed by atoms with Crippen LogP contribution >= 0.6 is 0 Å². The summed E-state index contributed by atoms with van der Waals surface area (Å²) in [5.74, 6) is 0. The van der Waals surface area contributed by atoms with Crippen LogP contribution in [0.3, 0.4) is 0 Å². The molecule has 62 valence electrons. The highest BCUT2D eigenvalue weighted by Crippen LogP contribution is 2.22. The van der Waals surface area contributed by atoms with Gasteiger partial charge in [0.05, 0.1) is 6.10 Å². The smallest absolute Gasteiger partial charge is 0.102 e. The average molecular weight is 154 g/mol. The van der Waals surface area contributed by atoms with E-state index < -0.39 is 6.10 Å². The molecule has 2 heteroatoms. The molecular weight excluding hydrogens is 140 g/mol. The zero-order valence-electron chi connectivity index (χ0n) is 7.16. The summed E-state index contributed by atoms with van der Waals surface area (Å²) in [6.45, 7) is 3.85. The van der Waals surface area contributed by atoms with Gasteiger partial charge < -0.3 is 9.84 Å². The van der Waals surface area contributed by atoms with Crippen LogP contribution in [0.25, 0.3) is 0 Å². The molecule has 1 N–H and O–H groups in total. The van der Waals surface area contributed by atoms with E-state index in [9.17, 15) is 5.11 Å². The van der Waals surface area contributed by atoms with E-state index in [1.54, 1.807) is 13.2 Å². The Kier molecular flexibility index (Phi) is 2.16. The van der Waals surface area contributed by atoms with Crippen molar-refractivity contribution in [1.29, 1.82) is 0 Å². The van der Waals surface area contributed by atoms with Crippen molar-refractivity contribution in [2.24, 2.45) is 0 Å². The molecule has 0 bridgehead atoms. The summed E-state index contributed by atoms with van der Waals surface area (Å²) < 4.78 is 5.22. The molecule has 0 spiro atoms. The fourth-order valence-electron chi connectivity index (χ4n) is 1.15. The molecule has 1 unspecified atom stereocenters. The predicted molar refractivity (Wildman–Crippen MR) is 44.3 cm³/mol. The molecule has 2 atom stereocenters. The first-order valence-electron chi connectivity index (χ1n) is 3.69. The van der Waals surface area contributed by atoms with Gasteiger partial charge >= 0.3 is 0 Å². The van der Waals surface area contributed by atoms with Gasteiger partial charge in [0.15, 0.2) is 0 Å². The molecule has 0 radical (unpaired) electrons. The highest BCUT2D eigenvalue weighted by Gasteiger charge is 2.22. The summed E-state index contributed by atoms with van der Waals surface area (Å²) in [7, 11) is 1.66. The van der Waals surface area contributed by atoms with Crippen molar-refractivity contribution in [2.45, 2.75) is 25.6 Å². The van der Waals surface area contributed by atoms with E-state index in [0.717, 1.165) is 5.57 Å². The van der Waals surface area contributed by atoms with Gasteiger partial charge in [0, 0.05) is 7.11 Å². The average Bonchev–Trinajstić information content (AvgIpc) is 1.98. The van der Waals surface area contributed by atoms with E-state index in [1.807, 2.05) is 26.0 Å². The van der Waals surface area contributed by atoms with Gasteiger partial charge in [-0.25, -0.2) is 0 Å². The maximum absolute atomic E-state index is 9.29. The van der Waals surface area contributed by atoms with Crippen molar-refractivity contribution in [1.82, 2.24) is 0 Å². The Morgan fingerprint density at radius 3 is 2.73 bits per heavy atom. The molecule has 1 rings (SSSR count). The molecule has 1 aliphatic carbocycles. The molecule has 0 heterocycles. The number of rotatable bonds is 1. The molecule has 0 aliphatic heterocycles. The highest BCUT2D eigenvalue weighted by atomic mass is 16.5.